The molecule has 1 aliphatic carbocycles. The fraction of sp³-hybridized carbons (Fsp3) is 0.538. The van der Waals surface area contributed by atoms with Gasteiger partial charge in [0.05, 0.1) is 11.3 Å². The molecule has 6 heteroatoms. The minimum atomic E-state index is -4.32. The van der Waals surface area contributed by atoms with E-state index in [0.29, 0.717) is 22.4 Å². The van der Waals surface area contributed by atoms with Gasteiger partial charge in [0, 0.05) is 10.5 Å². The van der Waals surface area contributed by atoms with Crippen LogP contribution in [-0.2, 0) is 12.6 Å². The molecule has 1 atom stereocenters. The second-order valence-corrected chi connectivity index (χ2v) is 6.17. The number of fused-ring (bicyclic) bond motifs is 1. The van der Waals surface area contributed by atoms with Gasteiger partial charge in [-0.05, 0) is 65.2 Å². The third-order valence-corrected chi connectivity index (χ3v) is 4.57. The highest BCUT2D eigenvalue weighted by Crippen LogP contribution is 2.45. The highest BCUT2D eigenvalue weighted by molar-refractivity contribution is 9.10. The second-order valence-electron chi connectivity index (χ2n) is 5.31. The SMILES string of the molecule is NN1c2c(Br)cc(C(F)(F)F)cc2CCC1C1CC1. The van der Waals surface area contributed by atoms with Crippen LogP contribution in [0.1, 0.15) is 30.4 Å². The summed E-state index contributed by atoms with van der Waals surface area (Å²) in [5, 5.41) is 1.67. The van der Waals surface area contributed by atoms with Gasteiger partial charge in [0.25, 0.3) is 0 Å². The molecule has 0 saturated heterocycles. The number of halogens is 4. The molecular weight excluding hydrogens is 321 g/mol. The van der Waals surface area contributed by atoms with Crippen molar-refractivity contribution in [1.82, 2.24) is 0 Å². The fourth-order valence-corrected chi connectivity index (χ4v) is 3.56. The first-order valence-electron chi connectivity index (χ1n) is 6.31. The van der Waals surface area contributed by atoms with Crippen molar-refractivity contribution in [3.8, 4) is 0 Å². The number of nitrogens with zero attached hydrogens (tertiary/aromatic N) is 1. The number of alkyl halides is 3. The molecule has 1 fully saturated rings. The summed E-state index contributed by atoms with van der Waals surface area (Å²) >= 11 is 3.24. The molecule has 0 radical (unpaired) electrons. The van der Waals surface area contributed by atoms with Gasteiger partial charge >= 0.3 is 6.18 Å². The zero-order chi connectivity index (χ0) is 13.8. The third-order valence-electron chi connectivity index (χ3n) is 3.96. The number of hydrogen-bond donors (Lipinski definition) is 1. The predicted molar refractivity (Wildman–Crippen MR) is 70.6 cm³/mol. The Labute approximate surface area is 117 Å². The summed E-state index contributed by atoms with van der Waals surface area (Å²) in [4.78, 5) is 0. The van der Waals surface area contributed by atoms with Crippen molar-refractivity contribution >= 4 is 21.6 Å². The van der Waals surface area contributed by atoms with E-state index in [0.717, 1.165) is 18.2 Å². The average Bonchev–Trinajstić information content (AvgIpc) is 3.11. The van der Waals surface area contributed by atoms with Crippen LogP contribution < -0.4 is 10.9 Å². The molecule has 1 heterocycles. The normalized spacial score (nSPS) is 23.4. The molecular formula is C13H14BrF3N2. The molecule has 0 spiro atoms. The molecule has 0 amide bonds. The molecule has 3 rings (SSSR count). The van der Waals surface area contributed by atoms with Crippen molar-refractivity contribution in [3.05, 3.63) is 27.7 Å². The highest BCUT2D eigenvalue weighted by atomic mass is 79.9. The minimum Gasteiger partial charge on any atom is -0.306 e. The number of benzene rings is 1. The molecule has 104 valence electrons. The maximum absolute atomic E-state index is 12.8. The summed E-state index contributed by atoms with van der Waals surface area (Å²) in [7, 11) is 0. The van der Waals surface area contributed by atoms with Crippen LogP contribution in [0.2, 0.25) is 0 Å². The lowest BCUT2D eigenvalue weighted by atomic mass is 9.93. The topological polar surface area (TPSA) is 29.3 Å². The lowest BCUT2D eigenvalue weighted by Crippen LogP contribution is -2.46. The standard InChI is InChI=1S/C13H14BrF3N2/c14-10-6-9(13(15,16)17)5-8-3-4-11(7-1-2-7)19(18)12(8)10/h5-7,11H,1-4,18H2. The monoisotopic (exact) mass is 334 g/mol. The first-order chi connectivity index (χ1) is 8.88. The van der Waals surface area contributed by atoms with E-state index in [2.05, 4.69) is 15.9 Å². The summed E-state index contributed by atoms with van der Waals surface area (Å²) in [6, 6.07) is 2.61. The van der Waals surface area contributed by atoms with E-state index in [1.165, 1.54) is 18.9 Å². The second kappa shape index (κ2) is 4.38. The first-order valence-corrected chi connectivity index (χ1v) is 7.11. The number of aryl methyl sites for hydroxylation is 1. The average molecular weight is 335 g/mol. The molecule has 0 bridgehead atoms. The number of hydrogen-bond acceptors (Lipinski definition) is 2. The van der Waals surface area contributed by atoms with Crippen LogP contribution in [0.15, 0.2) is 16.6 Å². The fourth-order valence-electron chi connectivity index (χ4n) is 2.85. The van der Waals surface area contributed by atoms with Crippen LogP contribution in [-0.4, -0.2) is 6.04 Å². The molecule has 2 aliphatic rings. The van der Waals surface area contributed by atoms with Crippen LogP contribution >= 0.6 is 15.9 Å². The molecule has 1 saturated carbocycles. The Morgan fingerprint density at radius 3 is 2.47 bits per heavy atom. The smallest absolute Gasteiger partial charge is 0.306 e. The van der Waals surface area contributed by atoms with Gasteiger partial charge in [-0.1, -0.05) is 0 Å². The quantitative estimate of drug-likeness (QED) is 0.790. The van der Waals surface area contributed by atoms with Crippen LogP contribution in [0.3, 0.4) is 0 Å². The van der Waals surface area contributed by atoms with E-state index in [4.69, 9.17) is 5.84 Å². The van der Waals surface area contributed by atoms with Crippen LogP contribution in [0.5, 0.6) is 0 Å². The van der Waals surface area contributed by atoms with Gasteiger partial charge in [-0.25, -0.2) is 5.84 Å². The minimum absolute atomic E-state index is 0.264. The molecule has 19 heavy (non-hydrogen) atoms. The molecule has 1 aromatic carbocycles. The zero-order valence-corrected chi connectivity index (χ0v) is 11.8. The van der Waals surface area contributed by atoms with Crippen molar-refractivity contribution in [2.45, 2.75) is 37.9 Å². The third kappa shape index (κ3) is 2.36. The molecule has 0 aromatic heterocycles. The van der Waals surface area contributed by atoms with E-state index in [-0.39, 0.29) is 6.04 Å². The summed E-state index contributed by atoms with van der Waals surface area (Å²) in [5.41, 5.74) is 0.786. The molecule has 2 nitrogen and oxygen atoms in total. The van der Waals surface area contributed by atoms with Crippen molar-refractivity contribution in [3.63, 3.8) is 0 Å². The summed E-state index contributed by atoms with van der Waals surface area (Å²) in [6.07, 6.45) is -0.475. The summed E-state index contributed by atoms with van der Waals surface area (Å²) in [5.74, 6) is 6.72. The summed E-state index contributed by atoms with van der Waals surface area (Å²) in [6.45, 7) is 0. The number of nitrogens with two attached hydrogens (primary N) is 1. The van der Waals surface area contributed by atoms with Gasteiger partial charge in [-0.2, -0.15) is 13.2 Å². The number of rotatable bonds is 1. The zero-order valence-electron chi connectivity index (χ0n) is 10.2. The molecule has 1 unspecified atom stereocenters. The molecule has 1 aromatic rings. The Hall–Kier alpha value is -0.750. The lowest BCUT2D eigenvalue weighted by Gasteiger charge is -2.36. The number of anilines is 1. The Kier molecular flexibility index (Phi) is 3.05. The van der Waals surface area contributed by atoms with Gasteiger partial charge in [-0.3, -0.25) is 0 Å². The van der Waals surface area contributed by atoms with Crippen LogP contribution in [0, 0.1) is 5.92 Å². The Morgan fingerprint density at radius 1 is 1.21 bits per heavy atom. The van der Waals surface area contributed by atoms with E-state index in [9.17, 15) is 13.2 Å². The highest BCUT2D eigenvalue weighted by Gasteiger charge is 2.39. The maximum Gasteiger partial charge on any atom is 0.416 e. The summed E-state index contributed by atoms with van der Waals surface area (Å²) < 4.78 is 38.8. The van der Waals surface area contributed by atoms with Crippen molar-refractivity contribution in [2.24, 2.45) is 11.8 Å². The van der Waals surface area contributed by atoms with E-state index in [1.807, 2.05) is 0 Å². The largest absolute Gasteiger partial charge is 0.416 e. The van der Waals surface area contributed by atoms with E-state index < -0.39 is 11.7 Å². The van der Waals surface area contributed by atoms with Gasteiger partial charge in [-0.15, -0.1) is 0 Å². The van der Waals surface area contributed by atoms with Gasteiger partial charge in [0.1, 0.15) is 0 Å². The Bertz CT molecular complexity index is 511. The van der Waals surface area contributed by atoms with Gasteiger partial charge < -0.3 is 5.01 Å². The first kappa shape index (κ1) is 13.2. The van der Waals surface area contributed by atoms with Crippen LogP contribution in [0.4, 0.5) is 18.9 Å². The Balaban J connectivity index is 2.01. The van der Waals surface area contributed by atoms with Crippen molar-refractivity contribution < 1.29 is 13.2 Å². The van der Waals surface area contributed by atoms with Crippen molar-refractivity contribution in [1.29, 1.82) is 0 Å². The van der Waals surface area contributed by atoms with E-state index in [1.54, 1.807) is 5.01 Å². The Morgan fingerprint density at radius 2 is 1.89 bits per heavy atom. The lowest BCUT2D eigenvalue weighted by molar-refractivity contribution is -0.137. The van der Waals surface area contributed by atoms with Crippen LogP contribution in [0.25, 0.3) is 0 Å². The maximum atomic E-state index is 12.8. The van der Waals surface area contributed by atoms with Gasteiger partial charge in [0.15, 0.2) is 0 Å². The molecule has 2 N–H and O–H groups in total. The van der Waals surface area contributed by atoms with Crippen molar-refractivity contribution in [2.75, 3.05) is 5.01 Å². The van der Waals surface area contributed by atoms with Gasteiger partial charge in [0.2, 0.25) is 0 Å². The predicted octanol–water partition coefficient (Wildman–Crippen LogP) is 3.87. The molecule has 1 aliphatic heterocycles. The number of hydrazine groups is 1. The van der Waals surface area contributed by atoms with E-state index >= 15 is 0 Å².